The SMILES string of the molecule is CC1CCCC(C)N1C(=O)CSc1nnc(-c2ccccc2F)n1CCc1ccccc1. The van der Waals surface area contributed by atoms with E-state index in [-0.39, 0.29) is 23.8 Å². The molecule has 0 spiro atoms. The number of carbonyl (C=O) groups is 1. The average Bonchev–Trinajstić information content (AvgIpc) is 3.19. The Bertz CT molecular complexity index is 1050. The fraction of sp³-hybridized carbons (Fsp3) is 0.400. The molecular formula is C25H29FN4OS. The Morgan fingerprint density at radius 2 is 1.72 bits per heavy atom. The largest absolute Gasteiger partial charge is 0.337 e. The van der Waals surface area contributed by atoms with Crippen LogP contribution in [0.3, 0.4) is 0 Å². The van der Waals surface area contributed by atoms with Crippen LogP contribution in [0.4, 0.5) is 4.39 Å². The summed E-state index contributed by atoms with van der Waals surface area (Å²) < 4.78 is 16.5. The molecule has 0 aliphatic carbocycles. The number of aromatic nitrogens is 3. The Morgan fingerprint density at radius 3 is 2.44 bits per heavy atom. The molecule has 0 N–H and O–H groups in total. The maximum atomic E-state index is 14.5. The van der Waals surface area contributed by atoms with Crippen LogP contribution < -0.4 is 0 Å². The fourth-order valence-corrected chi connectivity index (χ4v) is 5.27. The third kappa shape index (κ3) is 5.04. The minimum absolute atomic E-state index is 0.125. The maximum Gasteiger partial charge on any atom is 0.233 e. The molecule has 2 atom stereocenters. The summed E-state index contributed by atoms with van der Waals surface area (Å²) in [5, 5.41) is 9.29. The van der Waals surface area contributed by atoms with Gasteiger partial charge < -0.3 is 9.47 Å². The van der Waals surface area contributed by atoms with Crippen molar-refractivity contribution in [3.63, 3.8) is 0 Å². The first-order chi connectivity index (χ1) is 15.5. The van der Waals surface area contributed by atoms with Crippen LogP contribution in [-0.4, -0.2) is 43.4 Å². The van der Waals surface area contributed by atoms with Gasteiger partial charge in [-0.05, 0) is 57.2 Å². The lowest BCUT2D eigenvalue weighted by Gasteiger charge is -2.39. The third-order valence-electron chi connectivity index (χ3n) is 6.10. The Hall–Kier alpha value is -2.67. The van der Waals surface area contributed by atoms with Gasteiger partial charge in [0.05, 0.1) is 11.3 Å². The second kappa shape index (κ2) is 10.3. The van der Waals surface area contributed by atoms with E-state index in [1.807, 2.05) is 27.7 Å². The quantitative estimate of drug-likeness (QED) is 0.462. The summed E-state index contributed by atoms with van der Waals surface area (Å²) >= 11 is 1.39. The molecule has 5 nitrogen and oxygen atoms in total. The molecule has 7 heteroatoms. The van der Waals surface area contributed by atoms with E-state index >= 15 is 0 Å². The predicted molar refractivity (Wildman–Crippen MR) is 126 cm³/mol. The van der Waals surface area contributed by atoms with Crippen LogP contribution in [0.15, 0.2) is 59.8 Å². The minimum Gasteiger partial charge on any atom is -0.337 e. The average molecular weight is 453 g/mol. The topological polar surface area (TPSA) is 51.0 Å². The number of amides is 1. The lowest BCUT2D eigenvalue weighted by molar-refractivity contribution is -0.134. The van der Waals surface area contributed by atoms with Crippen molar-refractivity contribution < 1.29 is 9.18 Å². The number of rotatable bonds is 7. The summed E-state index contributed by atoms with van der Waals surface area (Å²) in [6.45, 7) is 4.85. The van der Waals surface area contributed by atoms with Crippen LogP contribution in [0, 0.1) is 5.82 Å². The van der Waals surface area contributed by atoms with Crippen LogP contribution in [-0.2, 0) is 17.8 Å². The van der Waals surface area contributed by atoms with E-state index in [9.17, 15) is 9.18 Å². The fourth-order valence-electron chi connectivity index (χ4n) is 4.44. The van der Waals surface area contributed by atoms with Gasteiger partial charge in [0.2, 0.25) is 5.91 Å². The van der Waals surface area contributed by atoms with Crippen LogP contribution in [0.1, 0.15) is 38.7 Å². The Kier molecular flexibility index (Phi) is 7.25. The van der Waals surface area contributed by atoms with Crippen molar-refractivity contribution in [2.45, 2.75) is 63.3 Å². The van der Waals surface area contributed by atoms with Crippen LogP contribution >= 0.6 is 11.8 Å². The maximum absolute atomic E-state index is 14.5. The first-order valence-corrected chi connectivity index (χ1v) is 12.2. The van der Waals surface area contributed by atoms with Gasteiger partial charge in [0.1, 0.15) is 5.82 Å². The van der Waals surface area contributed by atoms with E-state index in [2.05, 4.69) is 36.2 Å². The zero-order valence-electron chi connectivity index (χ0n) is 18.6. The highest BCUT2D eigenvalue weighted by molar-refractivity contribution is 7.99. The molecule has 4 rings (SSSR count). The Labute approximate surface area is 193 Å². The van der Waals surface area contributed by atoms with Crippen molar-refractivity contribution in [2.24, 2.45) is 0 Å². The molecule has 1 aliphatic rings. The lowest BCUT2D eigenvalue weighted by Crippen LogP contribution is -2.48. The van der Waals surface area contributed by atoms with E-state index in [0.29, 0.717) is 28.8 Å². The van der Waals surface area contributed by atoms with Gasteiger partial charge in [-0.3, -0.25) is 4.79 Å². The summed E-state index contributed by atoms with van der Waals surface area (Å²) in [4.78, 5) is 15.0. The number of hydrogen-bond acceptors (Lipinski definition) is 4. The number of hydrogen-bond donors (Lipinski definition) is 0. The van der Waals surface area contributed by atoms with Crippen molar-refractivity contribution in [1.29, 1.82) is 0 Å². The lowest BCUT2D eigenvalue weighted by atomic mass is 9.98. The minimum atomic E-state index is -0.329. The number of thioether (sulfide) groups is 1. The number of likely N-dealkylation sites (tertiary alicyclic amines) is 1. The Balaban J connectivity index is 1.55. The molecular weight excluding hydrogens is 423 g/mol. The number of aryl methyl sites for hydroxylation is 1. The molecule has 1 aliphatic heterocycles. The van der Waals surface area contributed by atoms with Gasteiger partial charge in [0.25, 0.3) is 0 Å². The van der Waals surface area contributed by atoms with Gasteiger partial charge >= 0.3 is 0 Å². The Morgan fingerprint density at radius 1 is 1.03 bits per heavy atom. The van der Waals surface area contributed by atoms with Gasteiger partial charge in [-0.15, -0.1) is 10.2 Å². The molecule has 2 heterocycles. The number of halogens is 1. The van der Waals surface area contributed by atoms with Gasteiger partial charge in [0.15, 0.2) is 11.0 Å². The number of piperidine rings is 1. The van der Waals surface area contributed by atoms with Crippen molar-refractivity contribution in [3.8, 4) is 11.4 Å². The first-order valence-electron chi connectivity index (χ1n) is 11.2. The van der Waals surface area contributed by atoms with E-state index in [4.69, 9.17) is 0 Å². The van der Waals surface area contributed by atoms with Gasteiger partial charge in [-0.1, -0.05) is 54.2 Å². The molecule has 3 aromatic rings. The number of carbonyl (C=O) groups excluding carboxylic acids is 1. The molecule has 0 radical (unpaired) electrons. The van der Waals surface area contributed by atoms with E-state index in [1.165, 1.54) is 29.8 Å². The third-order valence-corrected chi connectivity index (χ3v) is 7.06. The van der Waals surface area contributed by atoms with Gasteiger partial charge in [0, 0.05) is 18.6 Å². The highest BCUT2D eigenvalue weighted by Crippen LogP contribution is 2.28. The second-order valence-corrected chi connectivity index (χ2v) is 9.33. The van der Waals surface area contributed by atoms with E-state index in [0.717, 1.165) is 19.3 Å². The molecule has 32 heavy (non-hydrogen) atoms. The van der Waals surface area contributed by atoms with Gasteiger partial charge in [-0.25, -0.2) is 4.39 Å². The summed E-state index contributed by atoms with van der Waals surface area (Å²) in [7, 11) is 0. The molecule has 2 aromatic carbocycles. The van der Waals surface area contributed by atoms with E-state index < -0.39 is 0 Å². The van der Waals surface area contributed by atoms with Crippen LogP contribution in [0.2, 0.25) is 0 Å². The smallest absolute Gasteiger partial charge is 0.233 e. The highest BCUT2D eigenvalue weighted by Gasteiger charge is 2.29. The van der Waals surface area contributed by atoms with Crippen molar-refractivity contribution >= 4 is 17.7 Å². The molecule has 1 fully saturated rings. The zero-order chi connectivity index (χ0) is 22.5. The molecule has 2 unspecified atom stereocenters. The summed E-state index contributed by atoms with van der Waals surface area (Å²) in [6, 6.07) is 17.3. The molecule has 0 bridgehead atoms. The summed E-state index contributed by atoms with van der Waals surface area (Å²) in [5.74, 6) is 0.591. The normalized spacial score (nSPS) is 18.7. The van der Waals surface area contributed by atoms with E-state index in [1.54, 1.807) is 18.2 Å². The molecule has 168 valence electrons. The second-order valence-electron chi connectivity index (χ2n) is 8.39. The van der Waals surface area contributed by atoms with Crippen molar-refractivity contribution in [1.82, 2.24) is 19.7 Å². The summed E-state index contributed by atoms with van der Waals surface area (Å²) in [5.41, 5.74) is 1.60. The monoisotopic (exact) mass is 452 g/mol. The van der Waals surface area contributed by atoms with Crippen molar-refractivity contribution in [3.05, 3.63) is 66.0 Å². The van der Waals surface area contributed by atoms with Crippen molar-refractivity contribution in [2.75, 3.05) is 5.75 Å². The van der Waals surface area contributed by atoms with Crippen LogP contribution in [0.5, 0.6) is 0 Å². The van der Waals surface area contributed by atoms with Crippen LogP contribution in [0.25, 0.3) is 11.4 Å². The molecule has 1 amide bonds. The predicted octanol–water partition coefficient (Wildman–Crippen LogP) is 5.21. The number of benzene rings is 2. The molecule has 1 aromatic heterocycles. The van der Waals surface area contributed by atoms with Gasteiger partial charge in [-0.2, -0.15) is 0 Å². The zero-order valence-corrected chi connectivity index (χ0v) is 19.4. The standard InChI is InChI=1S/C25H29FN4OS/c1-18-9-8-10-19(2)30(18)23(31)17-32-25-28-27-24(21-13-6-7-14-22(21)26)29(25)16-15-20-11-4-3-5-12-20/h3-7,11-14,18-19H,8-10,15-17H2,1-2H3. The molecule has 0 saturated carbocycles. The first kappa shape index (κ1) is 22.5. The summed E-state index contributed by atoms with van der Waals surface area (Å²) in [6.07, 6.45) is 4.03. The number of nitrogens with zero attached hydrogens (tertiary/aromatic N) is 4. The highest BCUT2D eigenvalue weighted by atomic mass is 32.2. The molecule has 1 saturated heterocycles.